The summed E-state index contributed by atoms with van der Waals surface area (Å²) in [6.07, 6.45) is 0.832. The molecule has 0 aliphatic heterocycles. The van der Waals surface area contributed by atoms with Gasteiger partial charge in [0, 0.05) is 27.6 Å². The van der Waals surface area contributed by atoms with Crippen molar-refractivity contribution < 1.29 is 4.79 Å². The Labute approximate surface area is 141 Å². The summed E-state index contributed by atoms with van der Waals surface area (Å²) in [7, 11) is 0. The lowest BCUT2D eigenvalue weighted by Gasteiger charge is -2.22. The number of carbonyl (C=O) groups excluding carboxylic acids is 1. The summed E-state index contributed by atoms with van der Waals surface area (Å²) in [5, 5.41) is 14.8. The maximum absolute atomic E-state index is 12.5. The van der Waals surface area contributed by atoms with Gasteiger partial charge in [-0.25, -0.2) is 4.68 Å². The fourth-order valence-electron chi connectivity index (χ4n) is 2.37. The molecule has 0 saturated carbocycles. The fraction of sp³-hybridized carbons (Fsp3) is 0.625. The Balaban J connectivity index is 2.01. The molecule has 0 aromatic carbocycles. The third-order valence-corrected chi connectivity index (χ3v) is 4.62. The number of nitrogens with zero attached hydrogens (tertiary/aromatic N) is 4. The summed E-state index contributed by atoms with van der Waals surface area (Å²) >= 11 is 1.77. The maximum Gasteiger partial charge on any atom is 0.244 e. The van der Waals surface area contributed by atoms with Gasteiger partial charge in [-0.3, -0.25) is 4.79 Å². The number of tetrazole rings is 1. The lowest BCUT2D eigenvalue weighted by Crippen LogP contribution is -2.39. The Morgan fingerprint density at radius 1 is 1.35 bits per heavy atom. The highest BCUT2D eigenvalue weighted by Crippen LogP contribution is 2.22. The number of aromatic nitrogens is 4. The number of thiophene rings is 1. The number of hydrogen-bond donors (Lipinski definition) is 1. The Bertz CT molecular complexity index is 670. The zero-order valence-electron chi connectivity index (χ0n) is 14.6. The lowest BCUT2D eigenvalue weighted by molar-refractivity contribution is -0.124. The van der Waals surface area contributed by atoms with E-state index in [1.165, 1.54) is 9.75 Å². The summed E-state index contributed by atoms with van der Waals surface area (Å²) in [6.45, 7) is 12.0. The van der Waals surface area contributed by atoms with Crippen molar-refractivity contribution in [1.82, 2.24) is 25.5 Å². The van der Waals surface area contributed by atoms with Crippen molar-refractivity contribution in [1.29, 1.82) is 0 Å². The van der Waals surface area contributed by atoms with Crippen molar-refractivity contribution in [2.24, 2.45) is 0 Å². The van der Waals surface area contributed by atoms with Gasteiger partial charge in [-0.15, -0.1) is 16.4 Å². The first-order valence-corrected chi connectivity index (χ1v) is 8.64. The van der Waals surface area contributed by atoms with Crippen LogP contribution in [0.2, 0.25) is 0 Å². The zero-order chi connectivity index (χ0) is 17.2. The molecule has 2 aromatic rings. The van der Waals surface area contributed by atoms with Gasteiger partial charge in [0.15, 0.2) is 5.82 Å². The van der Waals surface area contributed by atoms with Crippen LogP contribution in [0.4, 0.5) is 0 Å². The van der Waals surface area contributed by atoms with Crippen molar-refractivity contribution >= 4 is 17.2 Å². The minimum Gasteiger partial charge on any atom is -0.351 e. The minimum absolute atomic E-state index is 0.0661. The van der Waals surface area contributed by atoms with Gasteiger partial charge >= 0.3 is 0 Å². The van der Waals surface area contributed by atoms with Crippen molar-refractivity contribution in [2.75, 3.05) is 0 Å². The Morgan fingerprint density at radius 2 is 2.04 bits per heavy atom. The topological polar surface area (TPSA) is 72.7 Å². The van der Waals surface area contributed by atoms with Crippen molar-refractivity contribution in [3.8, 4) is 0 Å². The standard InChI is InChI=1S/C16H25N5OS/c1-10(9-13-8-7-11(2)23-13)17-14(22)12(3)21-15(16(4,5)6)18-19-20-21/h7-8,10,12H,9H2,1-6H3,(H,17,22). The molecule has 1 amide bonds. The monoisotopic (exact) mass is 335 g/mol. The number of nitrogens with one attached hydrogen (secondary N) is 1. The van der Waals surface area contributed by atoms with Crippen molar-refractivity contribution in [2.45, 2.75) is 65.5 Å². The van der Waals surface area contributed by atoms with E-state index in [2.05, 4.69) is 39.9 Å². The zero-order valence-corrected chi connectivity index (χ0v) is 15.4. The molecule has 0 aliphatic carbocycles. The Hall–Kier alpha value is -1.76. The summed E-state index contributed by atoms with van der Waals surface area (Å²) in [6, 6.07) is 3.85. The second-order valence-corrected chi connectivity index (χ2v) is 8.37. The van der Waals surface area contributed by atoms with E-state index in [9.17, 15) is 4.79 Å². The quantitative estimate of drug-likeness (QED) is 0.912. The molecule has 6 nitrogen and oxygen atoms in total. The van der Waals surface area contributed by atoms with Crippen LogP contribution < -0.4 is 5.32 Å². The van der Waals surface area contributed by atoms with E-state index in [1.54, 1.807) is 16.0 Å². The molecule has 0 bridgehead atoms. The predicted molar refractivity (Wildman–Crippen MR) is 91.6 cm³/mol. The molecule has 0 aliphatic rings. The molecule has 2 aromatic heterocycles. The molecule has 0 saturated heterocycles. The van der Waals surface area contributed by atoms with Crippen LogP contribution in [-0.2, 0) is 16.6 Å². The van der Waals surface area contributed by atoms with Gasteiger partial charge in [0.05, 0.1) is 0 Å². The van der Waals surface area contributed by atoms with Crippen LogP contribution in [0.15, 0.2) is 12.1 Å². The van der Waals surface area contributed by atoms with E-state index in [1.807, 2.05) is 34.6 Å². The van der Waals surface area contributed by atoms with E-state index in [-0.39, 0.29) is 17.4 Å². The average molecular weight is 335 g/mol. The van der Waals surface area contributed by atoms with Gasteiger partial charge in [-0.1, -0.05) is 20.8 Å². The smallest absolute Gasteiger partial charge is 0.244 e. The van der Waals surface area contributed by atoms with Gasteiger partial charge < -0.3 is 5.32 Å². The second-order valence-electron chi connectivity index (χ2n) is 7.00. The van der Waals surface area contributed by atoms with Gasteiger partial charge in [-0.2, -0.15) is 0 Å². The molecule has 2 rings (SSSR count). The van der Waals surface area contributed by atoms with Crippen LogP contribution >= 0.6 is 11.3 Å². The molecule has 0 fully saturated rings. The SMILES string of the molecule is Cc1ccc(CC(C)NC(=O)C(C)n2nnnc2C(C)(C)C)s1. The molecule has 126 valence electrons. The average Bonchev–Trinajstić information content (AvgIpc) is 3.06. The van der Waals surface area contributed by atoms with Crippen molar-refractivity contribution in [3.63, 3.8) is 0 Å². The molecule has 0 radical (unpaired) electrons. The van der Waals surface area contributed by atoms with Gasteiger partial charge in [-0.05, 0) is 43.3 Å². The van der Waals surface area contributed by atoms with Crippen LogP contribution in [0, 0.1) is 6.92 Å². The van der Waals surface area contributed by atoms with E-state index in [4.69, 9.17) is 0 Å². The molecule has 2 heterocycles. The number of amides is 1. The number of hydrogen-bond acceptors (Lipinski definition) is 5. The molecular weight excluding hydrogens is 310 g/mol. The van der Waals surface area contributed by atoms with E-state index in [0.29, 0.717) is 5.82 Å². The molecule has 23 heavy (non-hydrogen) atoms. The van der Waals surface area contributed by atoms with Crippen LogP contribution in [0.25, 0.3) is 0 Å². The van der Waals surface area contributed by atoms with E-state index < -0.39 is 6.04 Å². The van der Waals surface area contributed by atoms with Gasteiger partial charge in [0.25, 0.3) is 0 Å². The Kier molecular flexibility index (Phi) is 5.19. The molecular formula is C16H25N5OS. The Morgan fingerprint density at radius 3 is 2.61 bits per heavy atom. The predicted octanol–water partition coefficient (Wildman–Crippen LogP) is 2.65. The first kappa shape index (κ1) is 17.6. The summed E-state index contributed by atoms with van der Waals surface area (Å²) in [5.41, 5.74) is -0.210. The van der Waals surface area contributed by atoms with Crippen LogP contribution in [-0.4, -0.2) is 32.2 Å². The summed E-state index contributed by atoms with van der Waals surface area (Å²) in [5.74, 6) is 0.644. The number of carbonyl (C=O) groups is 1. The summed E-state index contributed by atoms with van der Waals surface area (Å²) in [4.78, 5) is 15.1. The highest BCUT2D eigenvalue weighted by Gasteiger charge is 2.27. The normalized spacial score (nSPS) is 14.5. The second kappa shape index (κ2) is 6.78. The first-order chi connectivity index (χ1) is 10.7. The largest absolute Gasteiger partial charge is 0.351 e. The first-order valence-electron chi connectivity index (χ1n) is 7.82. The maximum atomic E-state index is 12.5. The lowest BCUT2D eigenvalue weighted by atomic mass is 9.95. The van der Waals surface area contributed by atoms with E-state index in [0.717, 1.165) is 6.42 Å². The fourth-order valence-corrected chi connectivity index (χ4v) is 3.39. The van der Waals surface area contributed by atoms with Crippen LogP contribution in [0.3, 0.4) is 0 Å². The highest BCUT2D eigenvalue weighted by molar-refractivity contribution is 7.11. The molecule has 2 atom stereocenters. The third kappa shape index (κ3) is 4.37. The summed E-state index contributed by atoms with van der Waals surface area (Å²) < 4.78 is 1.61. The number of rotatable bonds is 5. The number of aryl methyl sites for hydroxylation is 1. The van der Waals surface area contributed by atoms with Crippen LogP contribution in [0.1, 0.15) is 56.2 Å². The third-order valence-electron chi connectivity index (χ3n) is 3.60. The molecule has 1 N–H and O–H groups in total. The minimum atomic E-state index is -0.438. The molecule has 7 heteroatoms. The van der Waals surface area contributed by atoms with Gasteiger partial charge in [0.1, 0.15) is 6.04 Å². The molecule has 0 spiro atoms. The van der Waals surface area contributed by atoms with Gasteiger partial charge in [0.2, 0.25) is 5.91 Å². The van der Waals surface area contributed by atoms with E-state index >= 15 is 0 Å². The van der Waals surface area contributed by atoms with Crippen molar-refractivity contribution in [3.05, 3.63) is 27.7 Å². The highest BCUT2D eigenvalue weighted by atomic mass is 32.1. The van der Waals surface area contributed by atoms with Crippen LogP contribution in [0.5, 0.6) is 0 Å². The molecule has 2 unspecified atom stereocenters.